The number of imidazole rings is 1. The predicted molar refractivity (Wildman–Crippen MR) is 159 cm³/mol. The Kier molecular flexibility index (Phi) is 6.85. The van der Waals surface area contributed by atoms with Gasteiger partial charge in [0.15, 0.2) is 0 Å². The van der Waals surface area contributed by atoms with E-state index in [0.29, 0.717) is 23.6 Å². The second-order valence-electron chi connectivity index (χ2n) is 9.92. The molecule has 0 aliphatic carbocycles. The first kappa shape index (κ1) is 25.8. The Bertz CT molecular complexity index is 1770. The van der Waals surface area contributed by atoms with Crippen LogP contribution in [-0.2, 0) is 7.05 Å². The highest BCUT2D eigenvalue weighted by Gasteiger charge is 2.22. The molecule has 0 saturated carbocycles. The third-order valence-corrected chi connectivity index (χ3v) is 8.40. The quantitative estimate of drug-likeness (QED) is 0.238. The number of amides is 1. The molecule has 2 atom stereocenters. The molecule has 0 bridgehead atoms. The molecule has 4 N–H and O–H groups in total. The van der Waals surface area contributed by atoms with Crippen LogP contribution in [-0.4, -0.2) is 37.2 Å². The average Bonchev–Trinajstić information content (AvgIpc) is 3.59. The van der Waals surface area contributed by atoms with Crippen molar-refractivity contribution in [1.82, 2.24) is 24.8 Å². The average molecular weight is 554 g/mol. The van der Waals surface area contributed by atoms with E-state index in [4.69, 9.17) is 5.73 Å². The number of nitrogens with zero attached hydrogens (tertiary/aromatic N) is 4. The number of anilines is 2. The van der Waals surface area contributed by atoms with Gasteiger partial charge >= 0.3 is 0 Å². The van der Waals surface area contributed by atoms with Gasteiger partial charge in [-0.2, -0.15) is 0 Å². The fraction of sp³-hybridized carbons (Fsp3) is 0.200. The highest BCUT2D eigenvalue weighted by Crippen LogP contribution is 2.40. The van der Waals surface area contributed by atoms with E-state index in [1.807, 2.05) is 31.1 Å². The van der Waals surface area contributed by atoms with Crippen LogP contribution < -0.4 is 16.4 Å². The first-order valence-electron chi connectivity index (χ1n) is 13.0. The maximum atomic E-state index is 13.3. The van der Waals surface area contributed by atoms with Crippen LogP contribution in [0.1, 0.15) is 40.9 Å². The Morgan fingerprint density at radius 1 is 1.12 bits per heavy atom. The third-order valence-electron chi connectivity index (χ3n) is 7.06. The maximum Gasteiger partial charge on any atom is 0.255 e. The molecule has 4 heterocycles. The Morgan fingerprint density at radius 3 is 2.77 bits per heavy atom. The first-order valence-corrected chi connectivity index (χ1v) is 13.9. The van der Waals surface area contributed by atoms with Gasteiger partial charge in [0.05, 0.1) is 47.0 Å². The van der Waals surface area contributed by atoms with Crippen molar-refractivity contribution in [3.63, 3.8) is 0 Å². The number of halogens is 1. The van der Waals surface area contributed by atoms with E-state index in [2.05, 4.69) is 49.9 Å². The number of hydrogen-bond acceptors (Lipinski definition) is 7. The van der Waals surface area contributed by atoms with Gasteiger partial charge in [-0.15, -0.1) is 11.8 Å². The van der Waals surface area contributed by atoms with Gasteiger partial charge in [0.1, 0.15) is 17.2 Å². The lowest BCUT2D eigenvalue weighted by molar-refractivity contribution is 0.0940. The monoisotopic (exact) mass is 553 g/mol. The number of pyridine rings is 2. The van der Waals surface area contributed by atoms with Crippen LogP contribution in [0.15, 0.2) is 73.3 Å². The van der Waals surface area contributed by atoms with Crippen LogP contribution in [0.3, 0.4) is 0 Å². The number of hydrogen-bond donors (Lipinski definition) is 3. The fourth-order valence-corrected chi connectivity index (χ4v) is 6.11. The lowest BCUT2D eigenvalue weighted by Crippen LogP contribution is -2.28. The minimum atomic E-state index is -0.320. The maximum absolute atomic E-state index is 13.3. The molecule has 1 aliphatic rings. The van der Waals surface area contributed by atoms with E-state index in [0.717, 1.165) is 39.5 Å². The number of thioether (sulfide) groups is 1. The lowest BCUT2D eigenvalue weighted by atomic mass is 10.1. The zero-order valence-electron chi connectivity index (χ0n) is 22.1. The molecule has 6 rings (SSSR count). The molecular weight excluding hydrogens is 525 g/mol. The molecule has 0 saturated heterocycles. The summed E-state index contributed by atoms with van der Waals surface area (Å²) in [6, 6.07) is 13.7. The summed E-state index contributed by atoms with van der Waals surface area (Å²) in [6.07, 6.45) is 8.30. The summed E-state index contributed by atoms with van der Waals surface area (Å²) in [4.78, 5) is 27.8. The number of nitrogens with two attached hydrogens (primary N) is 1. The zero-order chi connectivity index (χ0) is 27.8. The second-order valence-corrected chi connectivity index (χ2v) is 11.3. The molecule has 3 aromatic heterocycles. The summed E-state index contributed by atoms with van der Waals surface area (Å²) in [5.74, 6) is -0.148. The van der Waals surface area contributed by atoms with Gasteiger partial charge in [-0.05, 0) is 54.8 Å². The molecule has 1 unspecified atom stereocenters. The van der Waals surface area contributed by atoms with Gasteiger partial charge in [-0.3, -0.25) is 9.78 Å². The Labute approximate surface area is 234 Å². The smallest absolute Gasteiger partial charge is 0.255 e. The molecule has 0 radical (unpaired) electrons. The fourth-order valence-electron chi connectivity index (χ4n) is 4.93. The van der Waals surface area contributed by atoms with E-state index >= 15 is 0 Å². The Morgan fingerprint density at radius 2 is 1.95 bits per heavy atom. The van der Waals surface area contributed by atoms with Crippen LogP contribution in [0.5, 0.6) is 0 Å². The van der Waals surface area contributed by atoms with E-state index in [-0.39, 0.29) is 23.0 Å². The number of aromatic nitrogens is 4. The van der Waals surface area contributed by atoms with Gasteiger partial charge < -0.3 is 20.9 Å². The summed E-state index contributed by atoms with van der Waals surface area (Å²) in [5, 5.41) is 7.67. The summed E-state index contributed by atoms with van der Waals surface area (Å²) >= 11 is 1.80. The summed E-state index contributed by atoms with van der Waals surface area (Å²) in [6.45, 7) is 2.47. The molecular formula is C30H28FN7OS. The largest absolute Gasteiger partial charge is 0.397 e. The van der Waals surface area contributed by atoms with Crippen LogP contribution in [0.2, 0.25) is 0 Å². The number of benzene rings is 2. The van der Waals surface area contributed by atoms with Crippen LogP contribution in [0, 0.1) is 5.82 Å². The van der Waals surface area contributed by atoms with Crippen molar-refractivity contribution in [2.45, 2.75) is 24.6 Å². The van der Waals surface area contributed by atoms with Crippen molar-refractivity contribution < 1.29 is 9.18 Å². The molecule has 5 aromatic rings. The van der Waals surface area contributed by atoms with Crippen LogP contribution in [0.25, 0.3) is 26.8 Å². The zero-order valence-corrected chi connectivity index (χ0v) is 22.9. The number of carbonyl (C=O) groups is 1. The minimum Gasteiger partial charge on any atom is -0.397 e. The third kappa shape index (κ3) is 5.10. The van der Waals surface area contributed by atoms with E-state index in [1.54, 1.807) is 30.0 Å². The van der Waals surface area contributed by atoms with Gasteiger partial charge in [0, 0.05) is 29.1 Å². The second kappa shape index (κ2) is 10.6. The van der Waals surface area contributed by atoms with E-state index in [1.165, 1.54) is 23.2 Å². The topological polar surface area (TPSA) is 111 Å². The van der Waals surface area contributed by atoms with Crippen LogP contribution in [0.4, 0.5) is 15.9 Å². The summed E-state index contributed by atoms with van der Waals surface area (Å²) < 4.78 is 15.3. The van der Waals surface area contributed by atoms with Crippen molar-refractivity contribution in [2.24, 2.45) is 7.05 Å². The molecule has 1 aliphatic heterocycles. The highest BCUT2D eigenvalue weighted by atomic mass is 32.2. The molecule has 2 aromatic carbocycles. The van der Waals surface area contributed by atoms with Gasteiger partial charge in [-0.25, -0.2) is 14.4 Å². The minimum absolute atomic E-state index is 0.268. The summed E-state index contributed by atoms with van der Waals surface area (Å²) in [5.41, 5.74) is 11.6. The number of nitrogens with one attached hydrogen (secondary N) is 2. The molecule has 1 amide bonds. The molecule has 40 heavy (non-hydrogen) atoms. The standard InChI is InChI=1S/C30H28FN7OS/c1-17(18-3-6-20(31)7-4-18)37-30(39)24-12-21(32)13-34-29(24)35-14-22-8-10-27(40-22)19-5-9-25-23(11-19)28-26(15-33-25)36-16-38(28)2/h3-7,9-13,15-17,22H,8,14,32H2,1-2H3,(H,34,35)(H,37,39)/t17-,22?/m0/s1. The predicted octanol–water partition coefficient (Wildman–Crippen LogP) is 5.69. The van der Waals surface area contributed by atoms with Crippen molar-refractivity contribution >= 4 is 56.0 Å². The van der Waals surface area contributed by atoms with Crippen molar-refractivity contribution in [1.29, 1.82) is 0 Å². The number of aryl methyl sites for hydroxylation is 1. The number of nitrogen functional groups attached to an aromatic ring is 1. The van der Waals surface area contributed by atoms with Gasteiger partial charge in [0.25, 0.3) is 5.91 Å². The lowest BCUT2D eigenvalue weighted by Gasteiger charge is -2.18. The number of allylic oxidation sites excluding steroid dienone is 1. The molecule has 0 spiro atoms. The number of fused-ring (bicyclic) bond motifs is 3. The number of rotatable bonds is 7. The number of carbonyl (C=O) groups excluding carboxylic acids is 1. The normalized spacial score (nSPS) is 15.8. The SMILES string of the molecule is C[C@H](NC(=O)c1cc(N)cnc1NCC1CC=C(c2ccc3ncc4ncn(C)c4c3c2)S1)c1ccc(F)cc1. The van der Waals surface area contributed by atoms with Crippen molar-refractivity contribution in [3.05, 3.63) is 95.8 Å². The molecule has 0 fully saturated rings. The van der Waals surface area contributed by atoms with E-state index < -0.39 is 0 Å². The van der Waals surface area contributed by atoms with E-state index in [9.17, 15) is 9.18 Å². The first-order chi connectivity index (χ1) is 19.4. The Hall–Kier alpha value is -4.44. The van der Waals surface area contributed by atoms with Gasteiger partial charge in [0.2, 0.25) is 0 Å². The highest BCUT2D eigenvalue weighted by molar-refractivity contribution is 8.09. The molecule has 8 nitrogen and oxygen atoms in total. The van der Waals surface area contributed by atoms with Crippen molar-refractivity contribution in [2.75, 3.05) is 17.6 Å². The molecule has 10 heteroatoms. The Balaban J connectivity index is 1.14. The van der Waals surface area contributed by atoms with Crippen LogP contribution >= 0.6 is 11.8 Å². The van der Waals surface area contributed by atoms with Gasteiger partial charge in [-0.1, -0.05) is 24.3 Å². The molecule has 202 valence electrons. The summed E-state index contributed by atoms with van der Waals surface area (Å²) in [7, 11) is 2.00. The van der Waals surface area contributed by atoms with Crippen molar-refractivity contribution in [3.8, 4) is 0 Å².